The third-order valence-electron chi connectivity index (χ3n) is 3.30. The van der Waals surface area contributed by atoms with Gasteiger partial charge in [0.05, 0.1) is 0 Å². The largest absolute Gasteiger partial charge is 0.319 e. The summed E-state index contributed by atoms with van der Waals surface area (Å²) >= 11 is 0. The highest BCUT2D eigenvalue weighted by molar-refractivity contribution is 5.35. The lowest BCUT2D eigenvalue weighted by Gasteiger charge is -2.27. The van der Waals surface area contributed by atoms with Crippen LogP contribution in [-0.2, 0) is 6.42 Å². The monoisotopic (exact) mass is 217 g/mol. The maximum absolute atomic E-state index is 3.97. The number of hydrogen-bond acceptors (Lipinski definition) is 1. The summed E-state index contributed by atoms with van der Waals surface area (Å²) in [4.78, 5) is 0. The van der Waals surface area contributed by atoms with E-state index < -0.39 is 0 Å². The fourth-order valence-corrected chi connectivity index (χ4v) is 2.14. The molecule has 88 valence electrons. The third-order valence-corrected chi connectivity index (χ3v) is 3.30. The Morgan fingerprint density at radius 1 is 1.31 bits per heavy atom. The summed E-state index contributed by atoms with van der Waals surface area (Å²) in [7, 11) is 1.99. The number of benzene rings is 1. The van der Waals surface area contributed by atoms with Crippen LogP contribution in [0.3, 0.4) is 0 Å². The van der Waals surface area contributed by atoms with Crippen molar-refractivity contribution >= 4 is 0 Å². The molecule has 1 N–H and O–H groups in total. The molecule has 1 aromatic carbocycles. The summed E-state index contributed by atoms with van der Waals surface area (Å²) in [6.45, 7) is 11.6. The Morgan fingerprint density at radius 3 is 2.31 bits per heavy atom. The van der Waals surface area contributed by atoms with Crippen molar-refractivity contribution < 1.29 is 0 Å². The van der Waals surface area contributed by atoms with Crippen molar-refractivity contribution in [2.24, 2.45) is 5.41 Å². The summed E-state index contributed by atoms with van der Waals surface area (Å²) in [5, 5.41) is 3.25. The Balaban J connectivity index is 2.98. The lowest BCUT2D eigenvalue weighted by atomic mass is 9.81. The van der Waals surface area contributed by atoms with Gasteiger partial charge < -0.3 is 5.32 Å². The van der Waals surface area contributed by atoms with Crippen LogP contribution < -0.4 is 5.32 Å². The Hall–Kier alpha value is -1.08. The van der Waals surface area contributed by atoms with Gasteiger partial charge in [-0.25, -0.2) is 0 Å². The molecule has 0 fully saturated rings. The molecule has 16 heavy (non-hydrogen) atoms. The summed E-state index contributed by atoms with van der Waals surface area (Å²) in [6.07, 6.45) is 3.12. The standard InChI is InChI=1S/C15H23N/c1-6-15(4,11-16-5)10-14-12(2)8-7-9-13(14)3/h6-9,16H,1,10-11H2,2-5H3. The van der Waals surface area contributed by atoms with Crippen LogP contribution in [0.5, 0.6) is 0 Å². The van der Waals surface area contributed by atoms with E-state index in [1.54, 1.807) is 0 Å². The predicted molar refractivity (Wildman–Crippen MR) is 71.9 cm³/mol. The minimum absolute atomic E-state index is 0.131. The predicted octanol–water partition coefficient (Wildman–Crippen LogP) is 3.26. The summed E-state index contributed by atoms with van der Waals surface area (Å²) in [6, 6.07) is 6.49. The average molecular weight is 217 g/mol. The summed E-state index contributed by atoms with van der Waals surface area (Å²) < 4.78 is 0. The van der Waals surface area contributed by atoms with Gasteiger partial charge in [-0.15, -0.1) is 6.58 Å². The molecule has 0 saturated heterocycles. The molecule has 0 aliphatic carbocycles. The second kappa shape index (κ2) is 5.31. The van der Waals surface area contributed by atoms with Gasteiger partial charge in [0.15, 0.2) is 0 Å². The van der Waals surface area contributed by atoms with Crippen LogP contribution in [0, 0.1) is 19.3 Å². The smallest absolute Gasteiger partial charge is 0.00400 e. The van der Waals surface area contributed by atoms with Crippen molar-refractivity contribution in [2.45, 2.75) is 27.2 Å². The molecule has 1 atom stereocenters. The SMILES string of the molecule is C=CC(C)(CNC)Cc1c(C)cccc1C. The van der Waals surface area contributed by atoms with E-state index in [1.807, 2.05) is 7.05 Å². The average Bonchev–Trinajstić information content (AvgIpc) is 2.24. The highest BCUT2D eigenvalue weighted by Gasteiger charge is 2.21. The molecular weight excluding hydrogens is 194 g/mol. The van der Waals surface area contributed by atoms with Crippen LogP contribution in [0.25, 0.3) is 0 Å². The van der Waals surface area contributed by atoms with Gasteiger partial charge in [-0.1, -0.05) is 31.2 Å². The topological polar surface area (TPSA) is 12.0 Å². The van der Waals surface area contributed by atoms with Gasteiger partial charge in [-0.2, -0.15) is 0 Å². The van der Waals surface area contributed by atoms with Crippen LogP contribution in [-0.4, -0.2) is 13.6 Å². The maximum atomic E-state index is 3.97. The lowest BCUT2D eigenvalue weighted by molar-refractivity contribution is 0.405. The van der Waals surface area contributed by atoms with Crippen LogP contribution in [0.15, 0.2) is 30.9 Å². The Labute approximate surface area is 99.6 Å². The molecule has 1 nitrogen and oxygen atoms in total. The molecule has 1 unspecified atom stereocenters. The molecule has 1 aromatic rings. The van der Waals surface area contributed by atoms with E-state index >= 15 is 0 Å². The van der Waals surface area contributed by atoms with Crippen molar-refractivity contribution in [3.05, 3.63) is 47.5 Å². The van der Waals surface area contributed by atoms with Crippen molar-refractivity contribution in [3.8, 4) is 0 Å². The molecule has 0 amide bonds. The first kappa shape index (κ1) is 13.0. The van der Waals surface area contributed by atoms with Gasteiger partial charge in [0.2, 0.25) is 0 Å². The van der Waals surface area contributed by atoms with Crippen molar-refractivity contribution in [1.82, 2.24) is 5.32 Å². The van der Waals surface area contributed by atoms with Crippen molar-refractivity contribution in [1.29, 1.82) is 0 Å². The number of aryl methyl sites for hydroxylation is 2. The van der Waals surface area contributed by atoms with Crippen LogP contribution in [0.1, 0.15) is 23.6 Å². The molecule has 0 aliphatic rings. The number of hydrogen-bond donors (Lipinski definition) is 1. The molecule has 0 aromatic heterocycles. The number of rotatable bonds is 5. The molecule has 0 radical (unpaired) electrons. The van der Waals surface area contributed by atoms with Gasteiger partial charge in [0.25, 0.3) is 0 Å². The normalized spacial score (nSPS) is 14.5. The first-order chi connectivity index (χ1) is 7.52. The molecule has 0 bridgehead atoms. The Morgan fingerprint density at radius 2 is 1.88 bits per heavy atom. The maximum Gasteiger partial charge on any atom is 0.00400 e. The van der Waals surface area contributed by atoms with E-state index in [9.17, 15) is 0 Å². The van der Waals surface area contributed by atoms with Gasteiger partial charge in [-0.05, 0) is 44.0 Å². The fraction of sp³-hybridized carbons (Fsp3) is 0.467. The molecule has 1 heteroatoms. The second-order valence-electron chi connectivity index (χ2n) is 4.94. The molecule has 0 aliphatic heterocycles. The minimum atomic E-state index is 0.131. The van der Waals surface area contributed by atoms with E-state index in [2.05, 4.69) is 56.9 Å². The quantitative estimate of drug-likeness (QED) is 0.746. The van der Waals surface area contributed by atoms with E-state index in [4.69, 9.17) is 0 Å². The highest BCUT2D eigenvalue weighted by atomic mass is 14.8. The van der Waals surface area contributed by atoms with Crippen LogP contribution in [0.4, 0.5) is 0 Å². The van der Waals surface area contributed by atoms with Gasteiger partial charge in [0.1, 0.15) is 0 Å². The molecule has 1 rings (SSSR count). The van der Waals surface area contributed by atoms with Crippen LogP contribution >= 0.6 is 0 Å². The first-order valence-electron chi connectivity index (χ1n) is 5.86. The molecule has 0 heterocycles. The van der Waals surface area contributed by atoms with E-state index in [0.29, 0.717) is 0 Å². The lowest BCUT2D eigenvalue weighted by Crippen LogP contribution is -2.30. The zero-order valence-electron chi connectivity index (χ0n) is 10.9. The third kappa shape index (κ3) is 2.96. The van der Waals surface area contributed by atoms with Crippen LogP contribution in [0.2, 0.25) is 0 Å². The zero-order valence-corrected chi connectivity index (χ0v) is 10.9. The van der Waals surface area contributed by atoms with Gasteiger partial charge in [0, 0.05) is 12.0 Å². The van der Waals surface area contributed by atoms with Crippen molar-refractivity contribution in [2.75, 3.05) is 13.6 Å². The summed E-state index contributed by atoms with van der Waals surface area (Å²) in [5.41, 5.74) is 4.35. The van der Waals surface area contributed by atoms with E-state index in [1.165, 1.54) is 16.7 Å². The highest BCUT2D eigenvalue weighted by Crippen LogP contribution is 2.26. The molecule has 0 spiro atoms. The van der Waals surface area contributed by atoms with Gasteiger partial charge >= 0.3 is 0 Å². The Kier molecular flexibility index (Phi) is 4.31. The van der Waals surface area contributed by atoms with Crippen molar-refractivity contribution in [3.63, 3.8) is 0 Å². The summed E-state index contributed by atoms with van der Waals surface area (Å²) in [5.74, 6) is 0. The molecular formula is C15H23N. The van der Waals surface area contributed by atoms with E-state index in [-0.39, 0.29) is 5.41 Å². The zero-order chi connectivity index (χ0) is 12.2. The van der Waals surface area contributed by atoms with E-state index in [0.717, 1.165) is 13.0 Å². The minimum Gasteiger partial charge on any atom is -0.319 e. The first-order valence-corrected chi connectivity index (χ1v) is 5.86. The Bertz CT molecular complexity index is 347. The second-order valence-corrected chi connectivity index (χ2v) is 4.94. The molecule has 0 saturated carbocycles. The van der Waals surface area contributed by atoms with Gasteiger partial charge in [-0.3, -0.25) is 0 Å². The fourth-order valence-electron chi connectivity index (χ4n) is 2.14. The number of nitrogens with one attached hydrogen (secondary N) is 1.